The van der Waals surface area contributed by atoms with Crippen molar-refractivity contribution in [2.45, 2.75) is 52.1 Å². The van der Waals surface area contributed by atoms with Crippen LogP contribution >= 0.6 is 0 Å². The van der Waals surface area contributed by atoms with Crippen LogP contribution in [0, 0.1) is 0 Å². The van der Waals surface area contributed by atoms with E-state index in [1.807, 2.05) is 0 Å². The molecular formula is C12H30AlGaO4. The summed E-state index contributed by atoms with van der Waals surface area (Å²) >= 11 is 0.815. The van der Waals surface area contributed by atoms with Gasteiger partial charge in [-0.25, -0.2) is 0 Å². The topological polar surface area (TPSA) is 92.2 Å². The maximum absolute atomic E-state index is 8.93. The first-order valence-corrected chi connectivity index (χ1v) is 7.85. The van der Waals surface area contributed by atoms with E-state index in [9.17, 15) is 0 Å². The molecule has 0 heterocycles. The minimum absolute atomic E-state index is 0. The molecule has 0 aromatic heterocycles. The van der Waals surface area contributed by atoms with Crippen LogP contribution in [0.5, 0.6) is 0 Å². The van der Waals surface area contributed by atoms with Crippen LogP contribution in [0.1, 0.15) is 41.5 Å². The summed E-state index contributed by atoms with van der Waals surface area (Å²) in [6.45, 7) is 10.8. The second kappa shape index (κ2) is 81.2. The zero-order valence-electron chi connectivity index (χ0n) is 13.0. The number of hydrogen-bond donors (Lipinski definition) is 0. The van der Waals surface area contributed by atoms with Gasteiger partial charge in [-0.1, -0.05) is 27.7 Å². The van der Waals surface area contributed by atoms with Crippen molar-refractivity contribution in [2.24, 2.45) is 0 Å². The smallest absolute Gasteiger partial charge is 3.00 e. The average Bonchev–Trinajstić information content (AvgIpc) is 2.23. The molecule has 0 fully saturated rings. The van der Waals surface area contributed by atoms with Crippen LogP contribution in [-0.4, -0.2) is 61.4 Å². The zero-order valence-corrected chi connectivity index (χ0v) is 16.6. The standard InChI is InChI=1S/4C2H5O.2C2H5.Al.Ga/c4*1-2-3;2*1-2;;/h4*2H2,1H3;2*1H2,2H3;;/q4*-1;;;+1;+3. The van der Waals surface area contributed by atoms with E-state index >= 15 is 0 Å². The molecule has 0 N–H and O–H groups in total. The minimum atomic E-state index is 0. The van der Waals surface area contributed by atoms with Gasteiger partial charge in [-0.2, -0.15) is 0 Å². The Morgan fingerprint density at radius 2 is 0.667 bits per heavy atom. The summed E-state index contributed by atoms with van der Waals surface area (Å²) in [5, 5.41) is 38.6. The van der Waals surface area contributed by atoms with Crippen molar-refractivity contribution in [3.63, 3.8) is 0 Å². The fraction of sp³-hybridized carbons (Fsp3) is 1.00. The van der Waals surface area contributed by atoms with E-state index in [2.05, 4.69) is 13.8 Å². The van der Waals surface area contributed by atoms with Gasteiger partial charge in [0.15, 0.2) is 0 Å². The van der Waals surface area contributed by atoms with E-state index in [4.69, 9.17) is 20.4 Å². The molecule has 108 valence electrons. The van der Waals surface area contributed by atoms with Gasteiger partial charge in [-0.15, -0.1) is 26.4 Å². The fourth-order valence-corrected chi connectivity index (χ4v) is 0.866. The SMILES string of the molecule is CC[O-].CC[O-].CC[O-].CC[O-].C[CH2][Al+][CH2]C.[Ga+3]. The molecule has 18 heavy (non-hydrogen) atoms. The summed E-state index contributed by atoms with van der Waals surface area (Å²) in [5.74, 6) is 0. The van der Waals surface area contributed by atoms with E-state index in [-0.39, 0.29) is 46.2 Å². The molecule has 0 bridgehead atoms. The van der Waals surface area contributed by atoms with Gasteiger partial charge in [-0.3, -0.25) is 0 Å². The summed E-state index contributed by atoms with van der Waals surface area (Å²) in [6.07, 6.45) is 0. The molecule has 0 unspecified atom stereocenters. The Balaban J connectivity index is -0.0000000252. The van der Waals surface area contributed by atoms with Crippen LogP contribution < -0.4 is 20.4 Å². The van der Waals surface area contributed by atoms with Crippen LogP contribution in [-0.2, 0) is 0 Å². The summed E-state index contributed by atoms with van der Waals surface area (Å²) in [6, 6.07) is 0. The van der Waals surface area contributed by atoms with Crippen LogP contribution in [0.25, 0.3) is 0 Å². The molecule has 0 saturated carbocycles. The molecule has 0 aromatic rings. The van der Waals surface area contributed by atoms with Gasteiger partial charge in [0.2, 0.25) is 0 Å². The van der Waals surface area contributed by atoms with Crippen molar-refractivity contribution in [2.75, 3.05) is 26.4 Å². The molecule has 0 atom stereocenters. The Morgan fingerprint density at radius 1 is 0.556 bits per heavy atom. The van der Waals surface area contributed by atoms with Crippen molar-refractivity contribution in [3.05, 3.63) is 0 Å². The Labute approximate surface area is 134 Å². The van der Waals surface area contributed by atoms with Crippen LogP contribution in [0.15, 0.2) is 0 Å². The first-order valence-electron chi connectivity index (χ1n) is 6.21. The van der Waals surface area contributed by atoms with Crippen molar-refractivity contribution >= 4 is 35.0 Å². The molecule has 0 aliphatic rings. The third-order valence-electron chi connectivity index (χ3n) is 0.577. The Kier molecular flexibility index (Phi) is 164. The fourth-order valence-electron chi connectivity index (χ4n) is 0.289. The Morgan fingerprint density at radius 3 is 0.667 bits per heavy atom. The summed E-state index contributed by atoms with van der Waals surface area (Å²) in [7, 11) is 0. The van der Waals surface area contributed by atoms with Gasteiger partial charge in [0.05, 0.1) is 0 Å². The van der Waals surface area contributed by atoms with E-state index in [1.54, 1.807) is 27.7 Å². The third kappa shape index (κ3) is 482. The summed E-state index contributed by atoms with van der Waals surface area (Å²) < 4.78 is 0. The van der Waals surface area contributed by atoms with E-state index in [1.165, 1.54) is 10.6 Å². The zero-order chi connectivity index (χ0) is 14.9. The summed E-state index contributed by atoms with van der Waals surface area (Å²) in [4.78, 5) is 0. The molecule has 0 amide bonds. The molecule has 0 radical (unpaired) electrons. The molecule has 0 aliphatic carbocycles. The first-order chi connectivity index (χ1) is 8.07. The second-order valence-corrected chi connectivity index (χ2v) is 4.47. The minimum Gasteiger partial charge on any atom is 3.00 e. The van der Waals surface area contributed by atoms with Crippen molar-refractivity contribution in [1.29, 1.82) is 0 Å². The molecular weight excluding hydrogens is 305 g/mol. The Bertz CT molecular complexity index is 53.3. The van der Waals surface area contributed by atoms with E-state index in [0.717, 1.165) is 15.2 Å². The normalized spacial score (nSPS) is 5.89. The van der Waals surface area contributed by atoms with Crippen LogP contribution in [0.3, 0.4) is 0 Å². The maximum atomic E-state index is 8.93. The van der Waals surface area contributed by atoms with Crippen molar-refractivity contribution < 1.29 is 20.4 Å². The molecule has 0 spiro atoms. The van der Waals surface area contributed by atoms with Crippen molar-refractivity contribution in [1.82, 2.24) is 0 Å². The number of hydrogen-bond acceptors (Lipinski definition) is 4. The van der Waals surface area contributed by atoms with Gasteiger partial charge in [0.1, 0.15) is 0 Å². The molecule has 0 rings (SSSR count). The monoisotopic (exact) mass is 334 g/mol. The largest absolute Gasteiger partial charge is 3.00 e. The molecule has 0 aliphatic heterocycles. The quantitative estimate of drug-likeness (QED) is 0.584. The van der Waals surface area contributed by atoms with Gasteiger partial charge in [0.25, 0.3) is 0 Å². The van der Waals surface area contributed by atoms with Crippen LogP contribution in [0.4, 0.5) is 0 Å². The van der Waals surface area contributed by atoms with Gasteiger partial charge >= 0.3 is 59.4 Å². The Hall–Kier alpha value is 1.01. The van der Waals surface area contributed by atoms with Gasteiger partial charge < -0.3 is 20.4 Å². The molecule has 4 nitrogen and oxygen atoms in total. The van der Waals surface area contributed by atoms with Gasteiger partial charge in [-0.05, 0) is 0 Å². The maximum Gasteiger partial charge on any atom is 3.00 e. The van der Waals surface area contributed by atoms with Crippen molar-refractivity contribution in [3.8, 4) is 0 Å². The predicted molar refractivity (Wildman–Crippen MR) is 74.6 cm³/mol. The van der Waals surface area contributed by atoms with E-state index < -0.39 is 0 Å². The summed E-state index contributed by atoms with van der Waals surface area (Å²) in [5.41, 5.74) is 0. The first kappa shape index (κ1) is 36.4. The molecule has 0 aromatic carbocycles. The average molecular weight is 335 g/mol. The molecule has 0 saturated heterocycles. The van der Waals surface area contributed by atoms with Gasteiger partial charge in [0, 0.05) is 0 Å². The third-order valence-corrected chi connectivity index (χ3v) is 1.73. The van der Waals surface area contributed by atoms with E-state index in [0.29, 0.717) is 0 Å². The second-order valence-electron chi connectivity index (χ2n) is 2.26. The number of rotatable bonds is 2. The van der Waals surface area contributed by atoms with Crippen LogP contribution in [0.2, 0.25) is 10.6 Å². The molecule has 6 heteroatoms. The predicted octanol–water partition coefficient (Wildman–Crippen LogP) is -1.35.